The van der Waals surface area contributed by atoms with Crippen LogP contribution in [0, 0.1) is 0 Å². The van der Waals surface area contributed by atoms with E-state index in [4.69, 9.17) is 4.98 Å². The van der Waals surface area contributed by atoms with Gasteiger partial charge in [0.05, 0.1) is 10.2 Å². The summed E-state index contributed by atoms with van der Waals surface area (Å²) in [6, 6.07) is 65.0. The number of hydrogen-bond acceptors (Lipinski definition) is 3. The highest BCUT2D eigenvalue weighted by Gasteiger charge is 2.18. The second-order valence-electron chi connectivity index (χ2n) is 12.0. The monoisotopic (exact) mass is 630 g/mol. The normalized spacial score (nSPS) is 11.3. The summed E-state index contributed by atoms with van der Waals surface area (Å²) < 4.78 is 1.21. The van der Waals surface area contributed by atoms with E-state index in [1.165, 1.54) is 48.5 Å². The number of rotatable bonds is 6. The van der Waals surface area contributed by atoms with Crippen molar-refractivity contribution in [1.82, 2.24) is 4.98 Å². The van der Waals surface area contributed by atoms with Gasteiger partial charge in [-0.2, -0.15) is 0 Å². The van der Waals surface area contributed by atoms with E-state index in [0.717, 1.165) is 33.1 Å². The molecule has 0 spiro atoms. The second-order valence-corrected chi connectivity index (χ2v) is 13.0. The molecule has 8 aromatic carbocycles. The Morgan fingerprint density at radius 2 is 0.979 bits per heavy atom. The van der Waals surface area contributed by atoms with Crippen molar-refractivity contribution in [2.45, 2.75) is 0 Å². The molecule has 1 aromatic heterocycles. The summed E-state index contributed by atoms with van der Waals surface area (Å²) >= 11 is 1.78. The predicted molar refractivity (Wildman–Crippen MR) is 206 cm³/mol. The van der Waals surface area contributed by atoms with Crippen LogP contribution in [0.5, 0.6) is 0 Å². The molecule has 0 radical (unpaired) electrons. The summed E-state index contributed by atoms with van der Waals surface area (Å²) in [6.45, 7) is 0. The summed E-state index contributed by atoms with van der Waals surface area (Å²) in [4.78, 5) is 7.49. The van der Waals surface area contributed by atoms with Gasteiger partial charge in [-0.15, -0.1) is 11.3 Å². The Labute approximate surface area is 283 Å². The van der Waals surface area contributed by atoms with Gasteiger partial charge in [-0.25, -0.2) is 4.98 Å². The molecule has 1 heterocycles. The number of para-hydroxylation sites is 1. The number of aromatic nitrogens is 1. The fraction of sp³-hybridized carbons (Fsp3) is 0. The van der Waals surface area contributed by atoms with E-state index >= 15 is 0 Å². The number of thiazole rings is 1. The highest BCUT2D eigenvalue weighted by atomic mass is 32.1. The maximum Gasteiger partial charge on any atom is 0.124 e. The molecule has 0 bridgehead atoms. The van der Waals surface area contributed by atoms with Gasteiger partial charge in [-0.3, -0.25) is 0 Å². The van der Waals surface area contributed by atoms with Gasteiger partial charge in [-0.05, 0) is 86.9 Å². The molecule has 0 atom stereocenters. The average molecular weight is 631 g/mol. The lowest BCUT2D eigenvalue weighted by Crippen LogP contribution is -2.09. The quantitative estimate of drug-likeness (QED) is 0.170. The molecule has 9 aromatic rings. The smallest absolute Gasteiger partial charge is 0.124 e. The fourth-order valence-corrected chi connectivity index (χ4v) is 7.89. The summed E-state index contributed by atoms with van der Waals surface area (Å²) in [7, 11) is 0. The van der Waals surface area contributed by atoms with Crippen molar-refractivity contribution in [2.24, 2.45) is 0 Å². The highest BCUT2D eigenvalue weighted by molar-refractivity contribution is 7.22. The molecule has 0 saturated heterocycles. The molecule has 0 unspecified atom stereocenters. The molecule has 3 heteroatoms. The standard InChI is InChI=1S/C45H30N2S/c1-5-13-31(14-6-1)32-21-24-37(25-22-32)47(36-19-11-4-12-20-36)38-26-23-35-29-40(33-15-7-2-8-16-33)39-27-28-42-44(43(39)41(35)30-38)48-45(46-42)34-17-9-3-10-18-34/h1-30H. The first-order chi connectivity index (χ1) is 23.8. The molecule has 2 nitrogen and oxygen atoms in total. The van der Waals surface area contributed by atoms with E-state index in [9.17, 15) is 0 Å². The SMILES string of the molecule is c1ccc(-c2ccc(N(c3ccccc3)c3ccc4cc(-c5ccccc5)c5ccc6nc(-c7ccccc7)sc6c5c4c3)cc2)cc1. The fourth-order valence-electron chi connectivity index (χ4n) is 6.76. The van der Waals surface area contributed by atoms with Crippen LogP contribution in [0.25, 0.3) is 64.6 Å². The van der Waals surface area contributed by atoms with Crippen LogP contribution in [-0.2, 0) is 0 Å². The average Bonchev–Trinajstić information content (AvgIpc) is 3.61. The molecular formula is C45H30N2S. The molecule has 0 aliphatic heterocycles. The van der Waals surface area contributed by atoms with E-state index in [1.54, 1.807) is 11.3 Å². The topological polar surface area (TPSA) is 16.1 Å². The highest BCUT2D eigenvalue weighted by Crippen LogP contribution is 2.45. The van der Waals surface area contributed by atoms with Crippen molar-refractivity contribution >= 4 is 60.2 Å². The van der Waals surface area contributed by atoms with Crippen molar-refractivity contribution < 1.29 is 0 Å². The number of nitrogens with zero attached hydrogens (tertiary/aromatic N) is 2. The number of hydrogen-bond donors (Lipinski definition) is 0. The minimum absolute atomic E-state index is 1.03. The summed E-state index contributed by atoms with van der Waals surface area (Å²) in [5.41, 5.74) is 10.4. The Balaban J connectivity index is 1.29. The van der Waals surface area contributed by atoms with Gasteiger partial charge in [0.25, 0.3) is 0 Å². The summed E-state index contributed by atoms with van der Waals surface area (Å²) in [6.07, 6.45) is 0. The lowest BCUT2D eigenvalue weighted by molar-refractivity contribution is 1.29. The maximum absolute atomic E-state index is 5.14. The molecule has 0 N–H and O–H groups in total. The van der Waals surface area contributed by atoms with Gasteiger partial charge in [-0.1, -0.05) is 133 Å². The van der Waals surface area contributed by atoms with Crippen LogP contribution in [0.2, 0.25) is 0 Å². The number of fused-ring (bicyclic) bond motifs is 5. The minimum atomic E-state index is 1.03. The third kappa shape index (κ3) is 5.02. The van der Waals surface area contributed by atoms with Gasteiger partial charge in [0, 0.05) is 28.0 Å². The van der Waals surface area contributed by atoms with Crippen LogP contribution >= 0.6 is 11.3 Å². The van der Waals surface area contributed by atoms with Gasteiger partial charge >= 0.3 is 0 Å². The third-order valence-corrected chi connectivity index (χ3v) is 10.2. The number of anilines is 3. The van der Waals surface area contributed by atoms with E-state index in [-0.39, 0.29) is 0 Å². The first-order valence-corrected chi connectivity index (χ1v) is 17.0. The Morgan fingerprint density at radius 1 is 0.417 bits per heavy atom. The van der Waals surface area contributed by atoms with Crippen LogP contribution in [0.1, 0.15) is 0 Å². The Hall–Kier alpha value is -6.03. The largest absolute Gasteiger partial charge is 0.310 e. The summed E-state index contributed by atoms with van der Waals surface area (Å²) in [5.74, 6) is 0. The molecule has 0 aliphatic rings. The molecular weight excluding hydrogens is 601 g/mol. The van der Waals surface area contributed by atoms with E-state index in [2.05, 4.69) is 187 Å². The van der Waals surface area contributed by atoms with Gasteiger partial charge in [0.15, 0.2) is 0 Å². The van der Waals surface area contributed by atoms with Crippen LogP contribution in [0.3, 0.4) is 0 Å². The lowest BCUT2D eigenvalue weighted by Gasteiger charge is -2.26. The first kappa shape index (κ1) is 28.2. The van der Waals surface area contributed by atoms with Gasteiger partial charge < -0.3 is 4.90 Å². The van der Waals surface area contributed by atoms with E-state index < -0.39 is 0 Å². The van der Waals surface area contributed by atoms with Gasteiger partial charge in [0.1, 0.15) is 5.01 Å². The zero-order valence-corrected chi connectivity index (χ0v) is 26.9. The molecule has 0 aliphatic carbocycles. The van der Waals surface area contributed by atoms with Crippen LogP contribution in [0.4, 0.5) is 17.1 Å². The second kappa shape index (κ2) is 12.0. The molecule has 0 amide bonds. The van der Waals surface area contributed by atoms with E-state index in [0.29, 0.717) is 0 Å². The number of benzene rings is 8. The van der Waals surface area contributed by atoms with Gasteiger partial charge in [0.2, 0.25) is 0 Å². The first-order valence-electron chi connectivity index (χ1n) is 16.2. The Morgan fingerprint density at radius 3 is 1.67 bits per heavy atom. The molecule has 0 fully saturated rings. The van der Waals surface area contributed by atoms with E-state index in [1.807, 2.05) is 0 Å². The van der Waals surface area contributed by atoms with Crippen LogP contribution in [0.15, 0.2) is 182 Å². The summed E-state index contributed by atoms with van der Waals surface area (Å²) in [5, 5.41) is 5.95. The Bertz CT molecular complexity index is 2520. The molecule has 9 rings (SSSR count). The van der Waals surface area contributed by atoms with Crippen molar-refractivity contribution in [3.63, 3.8) is 0 Å². The Kier molecular flexibility index (Phi) is 7.03. The third-order valence-electron chi connectivity index (χ3n) is 9.06. The molecule has 48 heavy (non-hydrogen) atoms. The maximum atomic E-state index is 5.14. The van der Waals surface area contributed by atoms with Crippen molar-refractivity contribution in [3.05, 3.63) is 182 Å². The van der Waals surface area contributed by atoms with Crippen LogP contribution < -0.4 is 4.90 Å². The van der Waals surface area contributed by atoms with Crippen LogP contribution in [-0.4, -0.2) is 4.98 Å². The molecule has 0 saturated carbocycles. The predicted octanol–water partition coefficient (Wildman–Crippen LogP) is 13.1. The minimum Gasteiger partial charge on any atom is -0.310 e. The molecule has 226 valence electrons. The lowest BCUT2D eigenvalue weighted by atomic mass is 9.92. The zero-order valence-electron chi connectivity index (χ0n) is 26.1. The van der Waals surface area contributed by atoms with Crippen molar-refractivity contribution in [1.29, 1.82) is 0 Å². The van der Waals surface area contributed by atoms with Crippen molar-refractivity contribution in [2.75, 3.05) is 4.90 Å². The van der Waals surface area contributed by atoms with Crippen molar-refractivity contribution in [3.8, 4) is 32.8 Å². The zero-order chi connectivity index (χ0) is 31.9.